The van der Waals surface area contributed by atoms with Crippen molar-refractivity contribution in [2.75, 3.05) is 19.8 Å². The molecule has 2 amide bonds. The third kappa shape index (κ3) is 4.77. The quantitative estimate of drug-likeness (QED) is 0.461. The molecule has 1 aromatic heterocycles. The Morgan fingerprint density at radius 3 is 2.31 bits per heavy atom. The average Bonchev–Trinajstić information content (AvgIpc) is 3.18. The Bertz CT molecular complexity index is 1100. The summed E-state index contributed by atoms with van der Waals surface area (Å²) in [6.07, 6.45) is 1.65. The number of benzene rings is 1. The molecular weight excluding hydrogens is 432 g/mol. The van der Waals surface area contributed by atoms with Crippen LogP contribution in [0.15, 0.2) is 35.2 Å². The number of ether oxygens (including phenoxy) is 2. The Morgan fingerprint density at radius 1 is 1.03 bits per heavy atom. The van der Waals surface area contributed by atoms with E-state index in [4.69, 9.17) is 9.47 Å². The molecule has 0 radical (unpaired) electrons. The van der Waals surface area contributed by atoms with E-state index in [1.165, 1.54) is 0 Å². The van der Waals surface area contributed by atoms with Gasteiger partial charge in [-0.3, -0.25) is 19.3 Å². The van der Waals surface area contributed by atoms with Gasteiger partial charge in [-0.15, -0.1) is 0 Å². The van der Waals surface area contributed by atoms with Crippen molar-refractivity contribution in [3.05, 3.63) is 57.8 Å². The molecule has 168 valence electrons. The predicted octanol–water partition coefficient (Wildman–Crippen LogP) is 3.87. The summed E-state index contributed by atoms with van der Waals surface area (Å²) in [7, 11) is 0. The van der Waals surface area contributed by atoms with E-state index in [2.05, 4.69) is 0 Å². The van der Waals surface area contributed by atoms with Crippen LogP contribution in [0.3, 0.4) is 0 Å². The molecule has 8 nitrogen and oxygen atoms in total. The zero-order chi connectivity index (χ0) is 23.4. The number of hydrogen-bond donors (Lipinski definition) is 0. The Kier molecular flexibility index (Phi) is 7.19. The molecule has 0 aliphatic carbocycles. The van der Waals surface area contributed by atoms with Crippen LogP contribution in [0.4, 0.5) is 4.79 Å². The predicted molar refractivity (Wildman–Crippen MR) is 121 cm³/mol. The van der Waals surface area contributed by atoms with Gasteiger partial charge >= 0.3 is 11.9 Å². The summed E-state index contributed by atoms with van der Waals surface area (Å²) in [4.78, 5) is 49.6. The molecule has 1 aromatic carbocycles. The van der Waals surface area contributed by atoms with E-state index < -0.39 is 23.7 Å². The lowest BCUT2D eigenvalue weighted by Gasteiger charge is -2.11. The van der Waals surface area contributed by atoms with Gasteiger partial charge in [0.15, 0.2) is 0 Å². The Balaban J connectivity index is 1.86. The topological polar surface area (TPSA) is 94.9 Å². The first-order valence-corrected chi connectivity index (χ1v) is 11.0. The molecule has 2 heterocycles. The lowest BCUT2D eigenvalue weighted by molar-refractivity contribution is -0.145. The van der Waals surface area contributed by atoms with Crippen molar-refractivity contribution in [3.8, 4) is 5.69 Å². The van der Waals surface area contributed by atoms with E-state index in [0.29, 0.717) is 12.2 Å². The number of hydrogen-bond acceptors (Lipinski definition) is 7. The smallest absolute Gasteiger partial charge is 0.338 e. The second kappa shape index (κ2) is 9.86. The van der Waals surface area contributed by atoms with E-state index in [1.54, 1.807) is 32.1 Å². The molecule has 1 aliphatic heterocycles. The van der Waals surface area contributed by atoms with Crippen molar-refractivity contribution >= 4 is 40.9 Å². The average molecular weight is 457 g/mol. The highest BCUT2D eigenvalue weighted by Crippen LogP contribution is 2.33. The number of imide groups is 1. The van der Waals surface area contributed by atoms with Crippen LogP contribution in [-0.4, -0.2) is 52.3 Å². The molecule has 0 N–H and O–H groups in total. The Morgan fingerprint density at radius 2 is 1.69 bits per heavy atom. The molecule has 1 saturated heterocycles. The first-order valence-electron chi connectivity index (χ1n) is 10.1. The highest BCUT2D eigenvalue weighted by Gasteiger charge is 2.36. The number of carbonyl (C=O) groups is 4. The van der Waals surface area contributed by atoms with Crippen LogP contribution in [0, 0.1) is 13.8 Å². The lowest BCUT2D eigenvalue weighted by Crippen LogP contribution is -2.34. The fourth-order valence-corrected chi connectivity index (χ4v) is 4.23. The summed E-state index contributed by atoms with van der Waals surface area (Å²) in [5.41, 5.74) is 3.88. The normalized spacial score (nSPS) is 14.9. The molecule has 0 spiro atoms. The molecule has 0 unspecified atom stereocenters. The first-order chi connectivity index (χ1) is 15.3. The van der Waals surface area contributed by atoms with E-state index in [-0.39, 0.29) is 17.5 Å². The third-order valence-electron chi connectivity index (χ3n) is 4.86. The maximum absolute atomic E-state index is 12.6. The molecule has 0 atom stereocenters. The zero-order valence-electron chi connectivity index (χ0n) is 18.3. The highest BCUT2D eigenvalue weighted by molar-refractivity contribution is 8.18. The lowest BCUT2D eigenvalue weighted by atomic mass is 10.2. The number of carbonyl (C=O) groups excluding carboxylic acids is 4. The second-order valence-corrected chi connectivity index (χ2v) is 8.00. The molecule has 0 bridgehead atoms. The van der Waals surface area contributed by atoms with E-state index in [0.717, 1.165) is 39.3 Å². The van der Waals surface area contributed by atoms with Crippen molar-refractivity contribution in [3.63, 3.8) is 0 Å². The first kappa shape index (κ1) is 23.3. The van der Waals surface area contributed by atoms with Gasteiger partial charge in [0.2, 0.25) is 0 Å². The number of aryl methyl sites for hydroxylation is 1. The maximum Gasteiger partial charge on any atom is 0.338 e. The number of aromatic nitrogens is 1. The van der Waals surface area contributed by atoms with Crippen molar-refractivity contribution in [2.24, 2.45) is 0 Å². The van der Waals surface area contributed by atoms with Crippen molar-refractivity contribution in [1.29, 1.82) is 0 Å². The van der Waals surface area contributed by atoms with E-state index >= 15 is 0 Å². The van der Waals surface area contributed by atoms with Gasteiger partial charge in [-0.05, 0) is 81.4 Å². The summed E-state index contributed by atoms with van der Waals surface area (Å²) in [6, 6.07) is 8.96. The SMILES string of the molecule is CCOC(=O)CN1C(=O)S/C(=C\c2cc(C)n(-c3ccc(C(=O)OCC)cc3)c2C)C1=O. The number of nitrogens with zero attached hydrogens (tertiary/aromatic N) is 2. The molecule has 2 aromatic rings. The minimum atomic E-state index is -0.625. The van der Waals surface area contributed by atoms with Gasteiger partial charge in [-0.1, -0.05) is 0 Å². The van der Waals surface area contributed by atoms with Crippen LogP contribution in [0.2, 0.25) is 0 Å². The fourth-order valence-electron chi connectivity index (χ4n) is 3.41. The summed E-state index contributed by atoms with van der Waals surface area (Å²) in [6.45, 7) is 7.33. The molecule has 1 fully saturated rings. The number of amides is 2. The molecule has 9 heteroatoms. The number of thioether (sulfide) groups is 1. The highest BCUT2D eigenvalue weighted by atomic mass is 32.2. The maximum atomic E-state index is 12.6. The van der Waals surface area contributed by atoms with Crippen LogP contribution < -0.4 is 0 Å². The zero-order valence-corrected chi connectivity index (χ0v) is 19.2. The number of esters is 2. The van der Waals surface area contributed by atoms with E-state index in [9.17, 15) is 19.2 Å². The van der Waals surface area contributed by atoms with Gasteiger partial charge in [0, 0.05) is 17.1 Å². The summed E-state index contributed by atoms with van der Waals surface area (Å²) >= 11 is 0.796. The van der Waals surface area contributed by atoms with Gasteiger partial charge in [0.25, 0.3) is 11.1 Å². The second-order valence-electron chi connectivity index (χ2n) is 7.00. The number of rotatable bonds is 7. The summed E-state index contributed by atoms with van der Waals surface area (Å²) in [5, 5.41) is -0.502. The van der Waals surface area contributed by atoms with Crippen LogP contribution in [0.5, 0.6) is 0 Å². The molecule has 32 heavy (non-hydrogen) atoms. The Labute approximate surface area is 190 Å². The molecular formula is C23H24N2O6S. The van der Waals surface area contributed by atoms with Crippen molar-refractivity contribution in [2.45, 2.75) is 27.7 Å². The minimum Gasteiger partial charge on any atom is -0.465 e. The van der Waals surface area contributed by atoms with Gasteiger partial charge in [-0.2, -0.15) is 0 Å². The van der Waals surface area contributed by atoms with Crippen molar-refractivity contribution in [1.82, 2.24) is 9.47 Å². The largest absolute Gasteiger partial charge is 0.465 e. The Hall–Kier alpha value is -3.33. The molecule has 1 aliphatic rings. The summed E-state index contributed by atoms with van der Waals surface area (Å²) in [5.74, 6) is -1.52. The van der Waals surface area contributed by atoms with Crippen LogP contribution in [-0.2, 0) is 19.1 Å². The van der Waals surface area contributed by atoms with Gasteiger partial charge < -0.3 is 14.0 Å². The van der Waals surface area contributed by atoms with Gasteiger partial charge in [0.05, 0.1) is 23.7 Å². The fraction of sp³-hybridized carbons (Fsp3) is 0.304. The van der Waals surface area contributed by atoms with Gasteiger partial charge in [0.1, 0.15) is 6.54 Å². The van der Waals surface area contributed by atoms with Crippen LogP contribution >= 0.6 is 11.8 Å². The van der Waals surface area contributed by atoms with Gasteiger partial charge in [-0.25, -0.2) is 4.79 Å². The minimum absolute atomic E-state index is 0.178. The summed E-state index contributed by atoms with van der Waals surface area (Å²) < 4.78 is 11.8. The molecule has 0 saturated carbocycles. The van der Waals surface area contributed by atoms with Crippen molar-refractivity contribution < 1.29 is 28.7 Å². The van der Waals surface area contributed by atoms with Crippen LogP contribution in [0.1, 0.15) is 41.2 Å². The monoisotopic (exact) mass is 456 g/mol. The third-order valence-corrected chi connectivity index (χ3v) is 5.77. The molecule has 3 rings (SSSR count). The standard InChI is InChI=1S/C23H24N2O6S/c1-5-30-20(26)13-24-21(27)19(32-23(24)29)12-17-11-14(3)25(15(17)4)18-9-7-16(8-10-18)22(28)31-6-2/h7-12H,5-6,13H2,1-4H3/b19-12-. The van der Waals surface area contributed by atoms with Crippen LogP contribution in [0.25, 0.3) is 11.8 Å². The van der Waals surface area contributed by atoms with E-state index in [1.807, 2.05) is 36.6 Å².